The smallest absolute Gasteiger partial charge is 0.267 e. The van der Waals surface area contributed by atoms with Crippen molar-refractivity contribution in [3.05, 3.63) is 94.8 Å². The lowest BCUT2D eigenvalue weighted by atomic mass is 9.98. The maximum Gasteiger partial charge on any atom is 0.267 e. The standard InChI is InChI=1S/C27H25N5O2S/c1-3-18(2)19-13-15-21(16-14-19)31-25(34)22-11-7-8-12-23(22)32-26(31)29-30-27(32)35-17-24(33)28-20-9-5-4-6-10-20/h4-16,18H,3,17H2,1-2H3,(H,28,33)/t18-/m0/s1. The minimum Gasteiger partial charge on any atom is -0.325 e. The van der Waals surface area contributed by atoms with Gasteiger partial charge < -0.3 is 5.32 Å². The largest absolute Gasteiger partial charge is 0.325 e. The van der Waals surface area contributed by atoms with Crippen molar-refractivity contribution in [3.63, 3.8) is 0 Å². The van der Waals surface area contributed by atoms with Crippen LogP contribution in [0.2, 0.25) is 0 Å². The summed E-state index contributed by atoms with van der Waals surface area (Å²) in [6, 6.07) is 24.7. The van der Waals surface area contributed by atoms with Crippen LogP contribution in [-0.2, 0) is 4.79 Å². The molecule has 1 N–H and O–H groups in total. The molecule has 0 saturated heterocycles. The summed E-state index contributed by atoms with van der Waals surface area (Å²) in [6.45, 7) is 4.34. The predicted octanol–water partition coefficient (Wildman–Crippen LogP) is 5.28. The molecule has 0 saturated carbocycles. The number of para-hydroxylation sites is 2. The highest BCUT2D eigenvalue weighted by atomic mass is 32.2. The normalized spacial score (nSPS) is 12.2. The van der Waals surface area contributed by atoms with Crippen LogP contribution in [0.15, 0.2) is 88.8 Å². The fraction of sp³-hybridized carbons (Fsp3) is 0.185. The molecule has 1 atom stereocenters. The summed E-state index contributed by atoms with van der Waals surface area (Å²) in [4.78, 5) is 26.0. The molecule has 0 aliphatic rings. The Morgan fingerprint density at radius 1 is 0.971 bits per heavy atom. The second kappa shape index (κ2) is 9.76. The van der Waals surface area contributed by atoms with Crippen LogP contribution in [0, 0.1) is 0 Å². The van der Waals surface area contributed by atoms with Gasteiger partial charge in [-0.05, 0) is 54.3 Å². The Labute approximate surface area is 206 Å². The van der Waals surface area contributed by atoms with Crippen LogP contribution in [0.5, 0.6) is 0 Å². The SMILES string of the molecule is CC[C@H](C)c1ccc(-n2c(=O)c3ccccc3n3c(SCC(=O)Nc4ccccc4)nnc23)cc1. The van der Waals surface area contributed by atoms with E-state index in [1.165, 1.54) is 17.3 Å². The molecule has 0 radical (unpaired) electrons. The molecule has 7 nitrogen and oxygen atoms in total. The molecule has 5 rings (SSSR count). The van der Waals surface area contributed by atoms with Crippen molar-refractivity contribution in [2.45, 2.75) is 31.3 Å². The maximum absolute atomic E-state index is 13.5. The molecule has 0 bridgehead atoms. The van der Waals surface area contributed by atoms with Crippen molar-refractivity contribution in [1.82, 2.24) is 19.2 Å². The highest BCUT2D eigenvalue weighted by molar-refractivity contribution is 7.99. The van der Waals surface area contributed by atoms with Gasteiger partial charge in [-0.25, -0.2) is 4.57 Å². The molecule has 0 unspecified atom stereocenters. The fourth-order valence-corrected chi connectivity index (χ4v) is 4.78. The molecule has 0 aliphatic heterocycles. The van der Waals surface area contributed by atoms with Gasteiger partial charge in [-0.15, -0.1) is 10.2 Å². The van der Waals surface area contributed by atoms with E-state index in [4.69, 9.17) is 0 Å². The van der Waals surface area contributed by atoms with Gasteiger partial charge in [0, 0.05) is 5.69 Å². The van der Waals surface area contributed by atoms with Crippen molar-refractivity contribution in [2.75, 3.05) is 11.1 Å². The number of benzene rings is 3. The topological polar surface area (TPSA) is 81.3 Å². The van der Waals surface area contributed by atoms with E-state index in [0.29, 0.717) is 27.8 Å². The van der Waals surface area contributed by atoms with E-state index in [0.717, 1.165) is 17.8 Å². The number of aromatic nitrogens is 4. The van der Waals surface area contributed by atoms with E-state index in [1.807, 2.05) is 65.1 Å². The van der Waals surface area contributed by atoms with Crippen molar-refractivity contribution in [2.24, 2.45) is 0 Å². The molecule has 2 aromatic heterocycles. The van der Waals surface area contributed by atoms with Crippen molar-refractivity contribution in [1.29, 1.82) is 0 Å². The molecule has 8 heteroatoms. The Bertz CT molecular complexity index is 1560. The summed E-state index contributed by atoms with van der Waals surface area (Å²) in [7, 11) is 0. The second-order valence-corrected chi connectivity index (χ2v) is 9.32. The fourth-order valence-electron chi connectivity index (χ4n) is 4.04. The molecule has 0 fully saturated rings. The average molecular weight is 484 g/mol. The third-order valence-electron chi connectivity index (χ3n) is 6.12. The summed E-state index contributed by atoms with van der Waals surface area (Å²) in [5.74, 6) is 0.870. The average Bonchev–Trinajstić information content (AvgIpc) is 3.32. The van der Waals surface area contributed by atoms with Crippen LogP contribution in [-0.4, -0.2) is 30.8 Å². The minimum absolute atomic E-state index is 0.142. The first-order chi connectivity index (χ1) is 17.1. The molecule has 1 amide bonds. The van der Waals surface area contributed by atoms with Crippen LogP contribution in [0.1, 0.15) is 31.7 Å². The molecular weight excluding hydrogens is 458 g/mol. The van der Waals surface area contributed by atoms with Gasteiger partial charge in [0.1, 0.15) is 0 Å². The van der Waals surface area contributed by atoms with E-state index < -0.39 is 0 Å². The molecular formula is C27H25N5O2S. The van der Waals surface area contributed by atoms with E-state index in [-0.39, 0.29) is 17.2 Å². The lowest BCUT2D eigenvalue weighted by molar-refractivity contribution is -0.113. The lowest BCUT2D eigenvalue weighted by Crippen LogP contribution is -2.22. The van der Waals surface area contributed by atoms with E-state index >= 15 is 0 Å². The Morgan fingerprint density at radius 3 is 2.43 bits per heavy atom. The van der Waals surface area contributed by atoms with E-state index in [9.17, 15) is 9.59 Å². The highest BCUT2D eigenvalue weighted by Crippen LogP contribution is 2.25. The first kappa shape index (κ1) is 22.9. The first-order valence-corrected chi connectivity index (χ1v) is 12.5. The number of rotatable bonds is 7. The number of hydrogen-bond acceptors (Lipinski definition) is 5. The molecule has 2 heterocycles. The van der Waals surface area contributed by atoms with Crippen LogP contribution in [0.25, 0.3) is 22.4 Å². The molecule has 3 aromatic carbocycles. The quantitative estimate of drug-likeness (QED) is 0.319. The van der Waals surface area contributed by atoms with Crippen molar-refractivity contribution in [3.8, 4) is 5.69 Å². The zero-order chi connectivity index (χ0) is 24.4. The third kappa shape index (κ3) is 4.44. The highest BCUT2D eigenvalue weighted by Gasteiger charge is 2.19. The molecule has 0 spiro atoms. The van der Waals surface area contributed by atoms with Gasteiger partial charge in [-0.1, -0.05) is 68.1 Å². The lowest BCUT2D eigenvalue weighted by Gasteiger charge is -2.13. The first-order valence-electron chi connectivity index (χ1n) is 11.5. The Balaban J connectivity index is 1.55. The number of fused-ring (bicyclic) bond motifs is 3. The maximum atomic E-state index is 13.5. The number of hydrogen-bond donors (Lipinski definition) is 1. The molecule has 0 aliphatic carbocycles. The summed E-state index contributed by atoms with van der Waals surface area (Å²) >= 11 is 1.28. The van der Waals surface area contributed by atoms with Crippen LogP contribution in [0.4, 0.5) is 5.69 Å². The number of nitrogens with zero attached hydrogens (tertiary/aromatic N) is 4. The molecule has 176 valence electrons. The number of amides is 1. The van der Waals surface area contributed by atoms with Gasteiger partial charge >= 0.3 is 0 Å². The van der Waals surface area contributed by atoms with Gasteiger partial charge in [-0.3, -0.25) is 14.0 Å². The Kier molecular flexibility index (Phi) is 6.37. The zero-order valence-corrected chi connectivity index (χ0v) is 20.3. The summed E-state index contributed by atoms with van der Waals surface area (Å²) in [5.41, 5.74) is 3.24. The van der Waals surface area contributed by atoms with Crippen LogP contribution >= 0.6 is 11.8 Å². The van der Waals surface area contributed by atoms with Crippen LogP contribution < -0.4 is 10.9 Å². The summed E-state index contributed by atoms with van der Waals surface area (Å²) in [6.07, 6.45) is 1.04. The summed E-state index contributed by atoms with van der Waals surface area (Å²) < 4.78 is 3.43. The van der Waals surface area contributed by atoms with Gasteiger partial charge in [0.15, 0.2) is 5.16 Å². The van der Waals surface area contributed by atoms with Gasteiger partial charge in [0.05, 0.1) is 22.3 Å². The van der Waals surface area contributed by atoms with Gasteiger partial charge in [0.2, 0.25) is 11.7 Å². The monoisotopic (exact) mass is 483 g/mol. The van der Waals surface area contributed by atoms with E-state index in [2.05, 4.69) is 41.5 Å². The number of carbonyl (C=O) groups excluding carboxylic acids is 1. The molecule has 35 heavy (non-hydrogen) atoms. The summed E-state index contributed by atoms with van der Waals surface area (Å²) in [5, 5.41) is 12.7. The van der Waals surface area contributed by atoms with Gasteiger partial charge in [0.25, 0.3) is 5.56 Å². The third-order valence-corrected chi connectivity index (χ3v) is 7.05. The van der Waals surface area contributed by atoms with Crippen molar-refractivity contribution < 1.29 is 4.79 Å². The number of anilines is 1. The number of nitrogens with one attached hydrogen (secondary N) is 1. The Morgan fingerprint density at radius 2 is 1.69 bits per heavy atom. The minimum atomic E-state index is -0.157. The number of carbonyl (C=O) groups is 1. The number of thioether (sulfide) groups is 1. The molecule has 5 aromatic rings. The predicted molar refractivity (Wildman–Crippen MR) is 141 cm³/mol. The van der Waals surface area contributed by atoms with Crippen LogP contribution in [0.3, 0.4) is 0 Å². The van der Waals surface area contributed by atoms with E-state index in [1.54, 1.807) is 10.6 Å². The zero-order valence-electron chi connectivity index (χ0n) is 19.5. The van der Waals surface area contributed by atoms with Crippen molar-refractivity contribution >= 4 is 40.0 Å². The second-order valence-electron chi connectivity index (χ2n) is 8.38. The Hall–Kier alpha value is -3.91. The van der Waals surface area contributed by atoms with Gasteiger partial charge in [-0.2, -0.15) is 0 Å².